The number of aromatic nitrogens is 2. The Kier molecular flexibility index (Phi) is 5.70. The number of nitrogens with one attached hydrogen (secondary N) is 1. The molecule has 204 valence electrons. The van der Waals surface area contributed by atoms with Crippen LogP contribution in [-0.2, 0) is 39.5 Å². The van der Waals surface area contributed by atoms with Gasteiger partial charge in [0.2, 0.25) is 5.91 Å². The molecule has 0 fully saturated rings. The maximum atomic E-state index is 14.9. The van der Waals surface area contributed by atoms with E-state index in [0.29, 0.717) is 51.8 Å². The number of halogens is 2. The van der Waals surface area contributed by atoms with Crippen molar-refractivity contribution in [1.29, 1.82) is 0 Å². The minimum atomic E-state index is -1.98. The van der Waals surface area contributed by atoms with Gasteiger partial charge in [0.25, 0.3) is 5.56 Å². The molecular formula is C28H27ClFN3O6. The van der Waals surface area contributed by atoms with Gasteiger partial charge < -0.3 is 24.8 Å². The zero-order valence-electron chi connectivity index (χ0n) is 21.7. The van der Waals surface area contributed by atoms with Crippen LogP contribution in [0.15, 0.2) is 16.9 Å². The first kappa shape index (κ1) is 25.9. The molecule has 4 heterocycles. The number of carbonyl (C=O) groups excluding carboxylic acids is 2. The number of aryl methyl sites for hydroxylation is 1. The van der Waals surface area contributed by atoms with Gasteiger partial charge in [-0.05, 0) is 50.3 Å². The van der Waals surface area contributed by atoms with E-state index >= 15 is 0 Å². The number of amides is 1. The van der Waals surface area contributed by atoms with E-state index in [1.807, 2.05) is 0 Å². The summed E-state index contributed by atoms with van der Waals surface area (Å²) in [6, 6.07) is 2.33. The number of esters is 1. The molecule has 3 N–H and O–H groups in total. The second-order valence-electron chi connectivity index (χ2n) is 11.1. The number of fused-ring (bicyclic) bond motifs is 5. The molecule has 2 atom stereocenters. The van der Waals surface area contributed by atoms with Crippen LogP contribution in [0, 0.1) is 11.2 Å². The van der Waals surface area contributed by atoms with Crippen molar-refractivity contribution in [2.75, 3.05) is 6.61 Å². The van der Waals surface area contributed by atoms with E-state index in [4.69, 9.17) is 21.3 Å². The standard InChI is InChI=1S/C28H27ClFN3O6/c1-4-28(38)15-7-19-23-13(9-33(19)24(35)14(15)10-39-26(28)37)21-17(32-25(36)27(2,3)11-34)6-5-12-20(21)18(31-23)8-16(30)22(12)29/h7-8,17,34,38H,4-6,9-11H2,1-3H3,(H,32,36)/t17?,28-/m0/s1. The topological polar surface area (TPSA) is 131 Å². The van der Waals surface area contributed by atoms with Gasteiger partial charge in [0.1, 0.15) is 12.4 Å². The molecule has 0 saturated heterocycles. The van der Waals surface area contributed by atoms with Crippen LogP contribution in [0.1, 0.15) is 67.5 Å². The van der Waals surface area contributed by atoms with E-state index in [0.717, 1.165) is 0 Å². The second-order valence-corrected chi connectivity index (χ2v) is 11.5. The molecule has 2 aliphatic heterocycles. The Morgan fingerprint density at radius 1 is 1.31 bits per heavy atom. The molecule has 1 amide bonds. The third kappa shape index (κ3) is 3.51. The van der Waals surface area contributed by atoms with Gasteiger partial charge in [0.15, 0.2) is 5.60 Å². The van der Waals surface area contributed by atoms with Crippen LogP contribution in [0.2, 0.25) is 5.02 Å². The summed E-state index contributed by atoms with van der Waals surface area (Å²) >= 11 is 6.39. The summed E-state index contributed by atoms with van der Waals surface area (Å²) in [7, 11) is 0. The third-order valence-corrected chi connectivity index (χ3v) is 8.77. The van der Waals surface area contributed by atoms with Crippen molar-refractivity contribution < 1.29 is 28.9 Å². The number of pyridine rings is 2. The summed E-state index contributed by atoms with van der Waals surface area (Å²) in [6.07, 6.45) is 0.830. The highest BCUT2D eigenvalue weighted by Crippen LogP contribution is 2.47. The Morgan fingerprint density at radius 3 is 2.74 bits per heavy atom. The van der Waals surface area contributed by atoms with Crippen LogP contribution in [0.25, 0.3) is 22.3 Å². The van der Waals surface area contributed by atoms with Gasteiger partial charge in [-0.1, -0.05) is 18.5 Å². The van der Waals surface area contributed by atoms with Crippen molar-refractivity contribution in [1.82, 2.24) is 14.9 Å². The number of rotatable bonds is 4. The minimum Gasteiger partial charge on any atom is -0.458 e. The number of benzene rings is 1. The molecule has 1 aromatic carbocycles. The monoisotopic (exact) mass is 555 g/mol. The Bertz CT molecular complexity index is 1680. The number of hydrogen-bond acceptors (Lipinski definition) is 7. The molecule has 1 aliphatic carbocycles. The number of carbonyl (C=O) groups is 2. The molecule has 0 radical (unpaired) electrons. The van der Waals surface area contributed by atoms with Gasteiger partial charge in [-0.3, -0.25) is 9.59 Å². The van der Waals surface area contributed by atoms with Gasteiger partial charge in [0.05, 0.1) is 52.1 Å². The first-order chi connectivity index (χ1) is 18.4. The lowest BCUT2D eigenvalue weighted by Gasteiger charge is -2.32. The molecular weight excluding hydrogens is 529 g/mol. The van der Waals surface area contributed by atoms with E-state index in [-0.39, 0.29) is 48.2 Å². The van der Waals surface area contributed by atoms with Crippen LogP contribution < -0.4 is 10.9 Å². The van der Waals surface area contributed by atoms with Crippen LogP contribution in [-0.4, -0.2) is 38.2 Å². The Morgan fingerprint density at radius 2 is 2.05 bits per heavy atom. The largest absolute Gasteiger partial charge is 0.458 e. The number of hydrogen-bond donors (Lipinski definition) is 3. The van der Waals surface area contributed by atoms with Crippen LogP contribution in [0.3, 0.4) is 0 Å². The fourth-order valence-corrected chi connectivity index (χ4v) is 6.17. The lowest BCUT2D eigenvalue weighted by molar-refractivity contribution is -0.172. The fourth-order valence-electron chi connectivity index (χ4n) is 5.92. The summed E-state index contributed by atoms with van der Waals surface area (Å²) in [5.41, 5.74) is 0.0122. The summed E-state index contributed by atoms with van der Waals surface area (Å²) in [5, 5.41) is 24.6. The smallest absolute Gasteiger partial charge is 0.343 e. The lowest BCUT2D eigenvalue weighted by Crippen LogP contribution is -2.44. The lowest BCUT2D eigenvalue weighted by atomic mass is 9.82. The highest BCUT2D eigenvalue weighted by molar-refractivity contribution is 6.32. The van der Waals surface area contributed by atoms with E-state index in [1.165, 1.54) is 10.6 Å². The normalized spacial score (nSPS) is 21.3. The van der Waals surface area contributed by atoms with Crippen molar-refractivity contribution >= 4 is 34.4 Å². The van der Waals surface area contributed by atoms with Gasteiger partial charge in [-0.2, -0.15) is 0 Å². The molecule has 0 saturated carbocycles. The van der Waals surface area contributed by atoms with Gasteiger partial charge in [-0.25, -0.2) is 14.2 Å². The summed E-state index contributed by atoms with van der Waals surface area (Å²) in [5.74, 6) is -1.79. The first-order valence-corrected chi connectivity index (χ1v) is 13.2. The molecule has 3 aliphatic rings. The molecule has 0 bridgehead atoms. The highest BCUT2D eigenvalue weighted by atomic mass is 35.5. The van der Waals surface area contributed by atoms with Crippen molar-refractivity contribution in [3.8, 4) is 11.4 Å². The molecule has 11 heteroatoms. The first-order valence-electron chi connectivity index (χ1n) is 12.8. The molecule has 3 aromatic rings. The maximum Gasteiger partial charge on any atom is 0.343 e. The maximum absolute atomic E-state index is 14.9. The molecule has 9 nitrogen and oxygen atoms in total. The predicted molar refractivity (Wildman–Crippen MR) is 140 cm³/mol. The van der Waals surface area contributed by atoms with Gasteiger partial charge >= 0.3 is 5.97 Å². The number of aliphatic hydroxyl groups is 2. The van der Waals surface area contributed by atoms with E-state index in [1.54, 1.807) is 26.8 Å². The zero-order chi connectivity index (χ0) is 28.0. The molecule has 2 aromatic heterocycles. The van der Waals surface area contributed by atoms with Crippen molar-refractivity contribution in [2.45, 2.75) is 64.8 Å². The molecule has 6 rings (SSSR count). The Hall–Kier alpha value is -3.34. The molecule has 1 unspecified atom stereocenters. The summed E-state index contributed by atoms with van der Waals surface area (Å²) in [6.45, 7) is 4.41. The second kappa shape index (κ2) is 8.58. The quantitative estimate of drug-likeness (QED) is 0.330. The van der Waals surface area contributed by atoms with Crippen LogP contribution in [0.4, 0.5) is 4.39 Å². The Balaban J connectivity index is 1.62. The van der Waals surface area contributed by atoms with Gasteiger partial charge in [0, 0.05) is 22.6 Å². The average Bonchev–Trinajstić information content (AvgIpc) is 3.28. The van der Waals surface area contributed by atoms with Gasteiger partial charge in [-0.15, -0.1) is 0 Å². The van der Waals surface area contributed by atoms with E-state index in [2.05, 4.69) is 5.32 Å². The van der Waals surface area contributed by atoms with Crippen LogP contribution in [0.5, 0.6) is 0 Å². The zero-order valence-corrected chi connectivity index (χ0v) is 22.4. The number of ether oxygens (including phenoxy) is 1. The number of cyclic esters (lactones) is 1. The average molecular weight is 556 g/mol. The van der Waals surface area contributed by atoms with Crippen molar-refractivity contribution in [3.63, 3.8) is 0 Å². The summed E-state index contributed by atoms with van der Waals surface area (Å²) < 4.78 is 21.5. The third-order valence-electron chi connectivity index (χ3n) is 8.36. The molecule has 0 spiro atoms. The van der Waals surface area contributed by atoms with E-state index < -0.39 is 34.4 Å². The fraction of sp³-hybridized carbons (Fsp3) is 0.429. The number of nitrogens with zero attached hydrogens (tertiary/aromatic N) is 2. The minimum absolute atomic E-state index is 0.00206. The predicted octanol–water partition coefficient (Wildman–Crippen LogP) is 2.99. The number of aliphatic hydroxyl groups excluding tert-OH is 1. The van der Waals surface area contributed by atoms with Crippen LogP contribution >= 0.6 is 11.6 Å². The Labute approximate surface area is 227 Å². The molecule has 39 heavy (non-hydrogen) atoms. The van der Waals surface area contributed by atoms with Crippen molar-refractivity contribution in [2.24, 2.45) is 5.41 Å². The highest BCUT2D eigenvalue weighted by Gasteiger charge is 2.46. The summed E-state index contributed by atoms with van der Waals surface area (Å²) in [4.78, 5) is 44.0. The van der Waals surface area contributed by atoms with E-state index in [9.17, 15) is 29.0 Å². The van der Waals surface area contributed by atoms with Crippen molar-refractivity contribution in [3.05, 3.63) is 61.1 Å². The SMILES string of the molecule is CC[C@@]1(O)C(=O)OCc2c1cc1n(c2=O)Cc2c-1nc1cc(F)c(Cl)c3c1c2C(NC(=O)C(C)(C)CO)CC3.